The van der Waals surface area contributed by atoms with E-state index >= 15 is 0 Å². The number of rotatable bonds is 3. The number of aromatic nitrogens is 2. The molecule has 78 valence electrons. The van der Waals surface area contributed by atoms with Crippen LogP contribution in [-0.2, 0) is 0 Å². The van der Waals surface area contributed by atoms with Gasteiger partial charge in [0.05, 0.1) is 12.4 Å². The summed E-state index contributed by atoms with van der Waals surface area (Å²) in [5, 5.41) is 11.7. The second-order valence-electron chi connectivity index (χ2n) is 3.97. The van der Waals surface area contributed by atoms with Crippen molar-refractivity contribution < 1.29 is 0 Å². The van der Waals surface area contributed by atoms with E-state index in [0.717, 1.165) is 12.8 Å². The van der Waals surface area contributed by atoms with Gasteiger partial charge < -0.3 is 11.1 Å². The summed E-state index contributed by atoms with van der Waals surface area (Å²) in [6, 6.07) is 1.92. The van der Waals surface area contributed by atoms with Gasteiger partial charge in [-0.05, 0) is 19.3 Å². The van der Waals surface area contributed by atoms with Crippen LogP contribution in [0.3, 0.4) is 0 Å². The van der Waals surface area contributed by atoms with Gasteiger partial charge in [-0.15, -0.1) is 0 Å². The van der Waals surface area contributed by atoms with Gasteiger partial charge in [0, 0.05) is 12.1 Å². The topological polar surface area (TPSA) is 87.6 Å². The molecule has 1 fully saturated rings. The summed E-state index contributed by atoms with van der Waals surface area (Å²) in [6.45, 7) is 0.716. The van der Waals surface area contributed by atoms with E-state index in [1.165, 1.54) is 12.6 Å². The third-order valence-corrected chi connectivity index (χ3v) is 2.74. The maximum atomic E-state index is 8.54. The van der Waals surface area contributed by atoms with E-state index in [1.54, 1.807) is 6.20 Å². The molecule has 1 aromatic rings. The van der Waals surface area contributed by atoms with Crippen LogP contribution in [0.4, 0.5) is 5.82 Å². The van der Waals surface area contributed by atoms with Gasteiger partial charge >= 0.3 is 0 Å². The average Bonchev–Trinajstić information content (AvgIpc) is 2.24. The van der Waals surface area contributed by atoms with E-state index < -0.39 is 0 Å². The second-order valence-corrected chi connectivity index (χ2v) is 3.97. The number of anilines is 1. The first-order valence-corrected chi connectivity index (χ1v) is 4.97. The van der Waals surface area contributed by atoms with Gasteiger partial charge in [0.25, 0.3) is 0 Å². The minimum atomic E-state index is -0.0738. The molecule has 0 spiro atoms. The predicted molar refractivity (Wildman–Crippen MR) is 56.0 cm³/mol. The molecule has 5 nitrogen and oxygen atoms in total. The highest BCUT2D eigenvalue weighted by atomic mass is 15.0. The van der Waals surface area contributed by atoms with Crippen molar-refractivity contribution in [3.63, 3.8) is 0 Å². The molecule has 0 aromatic carbocycles. The Labute approximate surface area is 88.3 Å². The molecule has 1 heterocycles. The van der Waals surface area contributed by atoms with E-state index in [-0.39, 0.29) is 5.54 Å². The zero-order valence-corrected chi connectivity index (χ0v) is 8.40. The zero-order valence-electron chi connectivity index (χ0n) is 8.40. The van der Waals surface area contributed by atoms with Crippen LogP contribution in [0.25, 0.3) is 0 Å². The van der Waals surface area contributed by atoms with Gasteiger partial charge in [0.2, 0.25) is 0 Å². The molecule has 1 aliphatic rings. The minimum Gasteiger partial charge on any atom is -0.367 e. The summed E-state index contributed by atoms with van der Waals surface area (Å²) in [5.74, 6) is 0.672. The van der Waals surface area contributed by atoms with Crippen molar-refractivity contribution in [3.05, 3.63) is 18.1 Å². The summed E-state index contributed by atoms with van der Waals surface area (Å²) in [6.07, 6.45) is 6.33. The number of hydrogen-bond donors (Lipinski definition) is 2. The Morgan fingerprint density at radius 1 is 1.47 bits per heavy atom. The largest absolute Gasteiger partial charge is 0.367 e. The molecule has 0 saturated heterocycles. The zero-order chi connectivity index (χ0) is 10.7. The van der Waals surface area contributed by atoms with Crippen molar-refractivity contribution in [2.75, 3.05) is 11.9 Å². The van der Waals surface area contributed by atoms with Gasteiger partial charge in [0.15, 0.2) is 5.69 Å². The molecule has 0 unspecified atom stereocenters. The van der Waals surface area contributed by atoms with E-state index in [9.17, 15) is 0 Å². The lowest BCUT2D eigenvalue weighted by molar-refractivity contribution is 0.265. The van der Waals surface area contributed by atoms with Gasteiger partial charge in [0.1, 0.15) is 11.9 Å². The fourth-order valence-electron chi connectivity index (χ4n) is 1.55. The molecule has 1 aromatic heterocycles. The van der Waals surface area contributed by atoms with Crippen molar-refractivity contribution in [3.8, 4) is 6.07 Å². The number of nitrogens with zero attached hydrogens (tertiary/aromatic N) is 3. The number of hydrogen-bond acceptors (Lipinski definition) is 5. The first-order chi connectivity index (χ1) is 7.22. The Bertz CT molecular complexity index is 374. The monoisotopic (exact) mass is 203 g/mol. The van der Waals surface area contributed by atoms with Crippen LogP contribution in [0.2, 0.25) is 0 Å². The van der Waals surface area contributed by atoms with Crippen molar-refractivity contribution in [2.45, 2.75) is 24.8 Å². The molecule has 1 aliphatic carbocycles. The number of nitrogens with two attached hydrogens (primary N) is 1. The molecule has 1 saturated carbocycles. The maximum absolute atomic E-state index is 8.54. The lowest BCUT2D eigenvalue weighted by Crippen LogP contribution is -2.52. The standard InChI is InChI=1S/C10H13N5/c11-4-8-5-14-9(6-13-8)15-7-10(12)2-1-3-10/h5-6H,1-3,7,12H2,(H,14,15). The summed E-state index contributed by atoms with van der Waals surface area (Å²) >= 11 is 0. The van der Waals surface area contributed by atoms with E-state index in [4.69, 9.17) is 11.0 Å². The molecule has 0 atom stereocenters. The molecule has 2 rings (SSSR count). The number of nitrogens with one attached hydrogen (secondary N) is 1. The Morgan fingerprint density at radius 3 is 2.73 bits per heavy atom. The van der Waals surface area contributed by atoms with Crippen molar-refractivity contribution in [1.29, 1.82) is 5.26 Å². The Hall–Kier alpha value is -1.67. The Kier molecular flexibility index (Phi) is 2.52. The fourth-order valence-corrected chi connectivity index (χ4v) is 1.55. The lowest BCUT2D eigenvalue weighted by atomic mass is 9.78. The maximum Gasteiger partial charge on any atom is 0.158 e. The van der Waals surface area contributed by atoms with Crippen LogP contribution in [0.5, 0.6) is 0 Å². The molecule has 0 amide bonds. The van der Waals surface area contributed by atoms with Gasteiger partial charge in [-0.1, -0.05) is 0 Å². The third kappa shape index (κ3) is 2.22. The van der Waals surface area contributed by atoms with Crippen LogP contribution in [0.15, 0.2) is 12.4 Å². The lowest BCUT2D eigenvalue weighted by Gasteiger charge is -2.38. The van der Waals surface area contributed by atoms with E-state index in [0.29, 0.717) is 18.1 Å². The Morgan fingerprint density at radius 2 is 2.27 bits per heavy atom. The minimum absolute atomic E-state index is 0.0738. The molecule has 3 N–H and O–H groups in total. The highest BCUT2D eigenvalue weighted by Crippen LogP contribution is 2.28. The van der Waals surface area contributed by atoms with Crippen molar-refractivity contribution in [1.82, 2.24) is 9.97 Å². The SMILES string of the molecule is N#Cc1cnc(NCC2(N)CCC2)cn1. The van der Waals surface area contributed by atoms with Crippen LogP contribution < -0.4 is 11.1 Å². The van der Waals surface area contributed by atoms with Gasteiger partial charge in [-0.2, -0.15) is 5.26 Å². The summed E-state index contributed by atoms with van der Waals surface area (Å²) < 4.78 is 0. The molecule has 0 bridgehead atoms. The van der Waals surface area contributed by atoms with Crippen LogP contribution >= 0.6 is 0 Å². The first kappa shape index (κ1) is 9.87. The first-order valence-electron chi connectivity index (χ1n) is 4.97. The molecular formula is C10H13N5. The number of nitriles is 1. The van der Waals surface area contributed by atoms with Crippen LogP contribution in [-0.4, -0.2) is 22.1 Å². The van der Waals surface area contributed by atoms with Crippen LogP contribution in [0.1, 0.15) is 25.0 Å². The summed E-state index contributed by atoms with van der Waals surface area (Å²) in [7, 11) is 0. The second kappa shape index (κ2) is 3.83. The highest BCUT2D eigenvalue weighted by Gasteiger charge is 2.32. The van der Waals surface area contributed by atoms with E-state index in [2.05, 4.69) is 15.3 Å². The van der Waals surface area contributed by atoms with Gasteiger partial charge in [-0.3, -0.25) is 0 Å². The average molecular weight is 203 g/mol. The third-order valence-electron chi connectivity index (χ3n) is 2.74. The summed E-state index contributed by atoms with van der Waals surface area (Å²) in [4.78, 5) is 7.97. The van der Waals surface area contributed by atoms with Crippen molar-refractivity contribution in [2.24, 2.45) is 5.73 Å². The predicted octanol–water partition coefficient (Wildman–Crippen LogP) is 0.642. The molecule has 0 aliphatic heterocycles. The highest BCUT2D eigenvalue weighted by molar-refractivity contribution is 5.34. The van der Waals surface area contributed by atoms with Gasteiger partial charge in [-0.25, -0.2) is 9.97 Å². The normalized spacial score (nSPS) is 17.6. The summed E-state index contributed by atoms with van der Waals surface area (Å²) in [5.41, 5.74) is 6.30. The quantitative estimate of drug-likeness (QED) is 0.752. The Balaban J connectivity index is 1.91. The molecule has 5 heteroatoms. The van der Waals surface area contributed by atoms with E-state index in [1.807, 2.05) is 6.07 Å². The smallest absolute Gasteiger partial charge is 0.158 e. The molecular weight excluding hydrogens is 190 g/mol. The molecule has 15 heavy (non-hydrogen) atoms. The van der Waals surface area contributed by atoms with Crippen molar-refractivity contribution >= 4 is 5.82 Å². The molecule has 0 radical (unpaired) electrons. The van der Waals surface area contributed by atoms with Crippen LogP contribution in [0, 0.1) is 11.3 Å². The fraction of sp³-hybridized carbons (Fsp3) is 0.500.